The number of methoxy groups -OCH3 is 1. The number of carbonyl (C=O) groups is 3. The molecule has 10 heteroatoms. The summed E-state index contributed by atoms with van der Waals surface area (Å²) in [6.45, 7) is 1.86. The lowest BCUT2D eigenvalue weighted by Crippen LogP contribution is -2.42. The maximum Gasteiger partial charge on any atom is 0.328 e. The number of esters is 1. The molecule has 2 aromatic rings. The SMILES string of the molecule is COC(=O)[C@@H](C)N1C(=O)S/C(=C/c2cc(I)c(OCc3ccc(Cl)cc3)c(I)c2)C1=O. The molecule has 0 spiro atoms. The third-order valence-corrected chi connectivity index (χ3v) is 7.11. The summed E-state index contributed by atoms with van der Waals surface area (Å²) in [4.78, 5) is 37.9. The number of benzene rings is 2. The smallest absolute Gasteiger partial charge is 0.328 e. The van der Waals surface area contributed by atoms with Crippen LogP contribution < -0.4 is 4.74 Å². The van der Waals surface area contributed by atoms with Crippen molar-refractivity contribution in [3.63, 3.8) is 0 Å². The average molecular weight is 684 g/mol. The van der Waals surface area contributed by atoms with Gasteiger partial charge in [0.2, 0.25) is 0 Å². The highest BCUT2D eigenvalue weighted by Crippen LogP contribution is 2.36. The molecule has 2 aromatic carbocycles. The van der Waals surface area contributed by atoms with Crippen molar-refractivity contribution in [1.82, 2.24) is 4.90 Å². The minimum atomic E-state index is -0.979. The van der Waals surface area contributed by atoms with E-state index >= 15 is 0 Å². The minimum absolute atomic E-state index is 0.252. The van der Waals surface area contributed by atoms with Crippen LogP contribution in [-0.4, -0.2) is 35.2 Å². The Bertz CT molecular complexity index is 1050. The molecular formula is C21H16ClI2NO5S. The normalized spacial score (nSPS) is 16.0. The van der Waals surface area contributed by atoms with E-state index in [4.69, 9.17) is 16.3 Å². The third-order valence-electron chi connectivity index (χ3n) is 4.37. The summed E-state index contributed by atoms with van der Waals surface area (Å²) in [5, 5.41) is 0.170. The predicted octanol–water partition coefficient (Wildman–Crippen LogP) is 5.73. The first-order chi connectivity index (χ1) is 14.7. The molecule has 1 aliphatic heterocycles. The van der Waals surface area contributed by atoms with E-state index in [1.807, 2.05) is 36.4 Å². The van der Waals surface area contributed by atoms with Crippen LogP contribution in [0.5, 0.6) is 5.75 Å². The molecule has 0 aliphatic carbocycles. The number of halogens is 3. The maximum absolute atomic E-state index is 12.7. The van der Waals surface area contributed by atoms with Gasteiger partial charge >= 0.3 is 5.97 Å². The van der Waals surface area contributed by atoms with Gasteiger partial charge in [-0.1, -0.05) is 23.7 Å². The van der Waals surface area contributed by atoms with E-state index in [1.54, 1.807) is 6.08 Å². The molecule has 0 saturated carbocycles. The van der Waals surface area contributed by atoms with Crippen molar-refractivity contribution >= 4 is 91.7 Å². The quantitative estimate of drug-likeness (QED) is 0.220. The fourth-order valence-electron chi connectivity index (χ4n) is 2.78. The van der Waals surface area contributed by atoms with E-state index < -0.39 is 23.2 Å². The topological polar surface area (TPSA) is 72.9 Å². The van der Waals surface area contributed by atoms with Crippen molar-refractivity contribution in [2.75, 3.05) is 7.11 Å². The fourth-order valence-corrected chi connectivity index (χ4v) is 5.94. The largest absolute Gasteiger partial charge is 0.487 e. The maximum atomic E-state index is 12.7. The molecule has 0 bridgehead atoms. The van der Waals surface area contributed by atoms with E-state index in [1.165, 1.54) is 14.0 Å². The number of rotatable bonds is 6. The molecule has 0 N–H and O–H groups in total. The standard InChI is InChI=1S/C21H16ClI2NO5S/c1-11(20(27)29-2)25-19(26)17(31-21(25)28)9-13-7-15(23)18(16(24)8-13)30-10-12-3-5-14(22)6-4-12/h3-9,11H,10H2,1-2H3/b17-9+/t11-/m1/s1. The lowest BCUT2D eigenvalue weighted by Gasteiger charge is -2.18. The van der Waals surface area contributed by atoms with Crippen molar-refractivity contribution in [3.05, 3.63) is 64.6 Å². The molecule has 0 unspecified atom stereocenters. The summed E-state index contributed by atoms with van der Waals surface area (Å²) in [5.74, 6) is -0.420. The highest BCUT2D eigenvalue weighted by atomic mass is 127. The molecule has 1 atom stereocenters. The summed E-state index contributed by atoms with van der Waals surface area (Å²) in [6, 6.07) is 10.2. The molecule has 162 valence electrons. The lowest BCUT2D eigenvalue weighted by atomic mass is 10.2. The molecule has 1 fully saturated rings. The van der Waals surface area contributed by atoms with Crippen LogP contribution in [-0.2, 0) is 20.9 Å². The summed E-state index contributed by atoms with van der Waals surface area (Å²) < 4.78 is 12.4. The van der Waals surface area contributed by atoms with Gasteiger partial charge in [0, 0.05) is 5.02 Å². The molecule has 0 aromatic heterocycles. The van der Waals surface area contributed by atoms with Crippen LogP contribution in [0.2, 0.25) is 5.02 Å². The summed E-state index contributed by atoms with van der Waals surface area (Å²) in [6.07, 6.45) is 1.64. The van der Waals surface area contributed by atoms with E-state index in [2.05, 4.69) is 49.9 Å². The van der Waals surface area contributed by atoms with E-state index in [9.17, 15) is 14.4 Å². The van der Waals surface area contributed by atoms with Gasteiger partial charge in [-0.25, -0.2) is 4.79 Å². The van der Waals surface area contributed by atoms with Crippen LogP contribution in [0, 0.1) is 7.14 Å². The van der Waals surface area contributed by atoms with Crippen molar-refractivity contribution in [2.45, 2.75) is 19.6 Å². The zero-order valence-electron chi connectivity index (χ0n) is 16.4. The predicted molar refractivity (Wildman–Crippen MR) is 137 cm³/mol. The Kier molecular flexibility index (Phi) is 8.27. The molecule has 6 nitrogen and oxygen atoms in total. The molecule has 31 heavy (non-hydrogen) atoms. The van der Waals surface area contributed by atoms with Gasteiger partial charge in [0.05, 0.1) is 19.2 Å². The number of hydrogen-bond acceptors (Lipinski definition) is 6. The highest BCUT2D eigenvalue weighted by Gasteiger charge is 2.41. The zero-order chi connectivity index (χ0) is 22.7. The molecule has 0 radical (unpaired) electrons. The third kappa shape index (κ3) is 5.74. The van der Waals surface area contributed by atoms with Crippen LogP contribution in [0.1, 0.15) is 18.1 Å². The Morgan fingerprint density at radius 2 is 1.81 bits per heavy atom. The highest BCUT2D eigenvalue weighted by molar-refractivity contribution is 14.1. The van der Waals surface area contributed by atoms with Gasteiger partial charge in [-0.2, -0.15) is 0 Å². The molecular weight excluding hydrogens is 668 g/mol. The second-order valence-electron chi connectivity index (χ2n) is 6.48. The van der Waals surface area contributed by atoms with Gasteiger partial charge in [-0.3, -0.25) is 14.5 Å². The van der Waals surface area contributed by atoms with Gasteiger partial charge in [0.1, 0.15) is 18.4 Å². The monoisotopic (exact) mass is 683 g/mol. The molecule has 1 heterocycles. The van der Waals surface area contributed by atoms with Crippen LogP contribution in [0.25, 0.3) is 6.08 Å². The van der Waals surface area contributed by atoms with Crippen molar-refractivity contribution in [1.29, 1.82) is 0 Å². The number of ether oxygens (including phenoxy) is 2. The van der Waals surface area contributed by atoms with Crippen LogP contribution in [0.3, 0.4) is 0 Å². The number of carbonyl (C=O) groups excluding carboxylic acids is 3. The second-order valence-corrected chi connectivity index (χ2v) is 10.2. The van der Waals surface area contributed by atoms with Crippen molar-refractivity contribution < 1.29 is 23.9 Å². The van der Waals surface area contributed by atoms with Gasteiger partial charge in [0.25, 0.3) is 11.1 Å². The van der Waals surface area contributed by atoms with Gasteiger partial charge < -0.3 is 9.47 Å². The molecule has 3 rings (SSSR count). The van der Waals surface area contributed by atoms with Gasteiger partial charge in [0.15, 0.2) is 0 Å². The van der Waals surface area contributed by atoms with Gasteiger partial charge in [-0.15, -0.1) is 0 Å². The molecule has 2 amide bonds. The van der Waals surface area contributed by atoms with E-state index in [0.717, 1.165) is 40.7 Å². The Labute approximate surface area is 215 Å². The van der Waals surface area contributed by atoms with Crippen LogP contribution >= 0.6 is 68.5 Å². The Morgan fingerprint density at radius 3 is 2.39 bits per heavy atom. The van der Waals surface area contributed by atoms with Gasteiger partial charge in [-0.05, 0) is 105 Å². The number of hydrogen-bond donors (Lipinski definition) is 0. The number of amides is 2. The Hall–Kier alpha value is -1.31. The average Bonchev–Trinajstić information content (AvgIpc) is 3.00. The summed E-state index contributed by atoms with van der Waals surface area (Å²) in [7, 11) is 1.22. The molecule has 1 saturated heterocycles. The fraction of sp³-hybridized carbons (Fsp3) is 0.190. The summed E-state index contributed by atoms with van der Waals surface area (Å²) in [5.41, 5.74) is 1.75. The first kappa shape index (κ1) is 24.3. The zero-order valence-corrected chi connectivity index (χ0v) is 22.2. The van der Waals surface area contributed by atoms with Crippen molar-refractivity contribution in [2.24, 2.45) is 0 Å². The number of imide groups is 1. The first-order valence-corrected chi connectivity index (χ1v) is 12.3. The van der Waals surface area contributed by atoms with E-state index in [0.29, 0.717) is 11.6 Å². The van der Waals surface area contributed by atoms with Crippen molar-refractivity contribution in [3.8, 4) is 5.75 Å². The Morgan fingerprint density at radius 1 is 1.19 bits per heavy atom. The van der Waals surface area contributed by atoms with Crippen LogP contribution in [0.4, 0.5) is 4.79 Å². The lowest BCUT2D eigenvalue weighted by molar-refractivity contribution is -0.148. The Balaban J connectivity index is 1.78. The second kappa shape index (κ2) is 10.5. The molecule has 1 aliphatic rings. The minimum Gasteiger partial charge on any atom is -0.487 e. The summed E-state index contributed by atoms with van der Waals surface area (Å²) >= 11 is 11.1. The van der Waals surface area contributed by atoms with Crippen LogP contribution in [0.15, 0.2) is 41.3 Å². The first-order valence-electron chi connectivity index (χ1n) is 8.92. The number of nitrogens with zero attached hydrogens (tertiary/aromatic N) is 1. The number of thioether (sulfide) groups is 1. The van der Waals surface area contributed by atoms with E-state index in [-0.39, 0.29) is 4.91 Å².